The quantitative estimate of drug-likeness (QED) is 0.372. The lowest BCUT2D eigenvalue weighted by Gasteiger charge is -2.28. The summed E-state index contributed by atoms with van der Waals surface area (Å²) in [7, 11) is 0. The van der Waals surface area contributed by atoms with Gasteiger partial charge in [-0.05, 0) is 49.4 Å². The molecule has 34 heavy (non-hydrogen) atoms. The number of aromatic nitrogens is 5. The van der Waals surface area contributed by atoms with Gasteiger partial charge in [0.25, 0.3) is 0 Å². The van der Waals surface area contributed by atoms with E-state index < -0.39 is 6.36 Å². The number of ether oxygens (including phenoxy) is 1. The van der Waals surface area contributed by atoms with Crippen LogP contribution in [0.25, 0.3) is 21.4 Å². The van der Waals surface area contributed by atoms with Gasteiger partial charge in [-0.25, -0.2) is 9.97 Å². The number of carbonyl (C=O) groups excluding carboxylic acids is 1. The Balaban J connectivity index is 1.24. The van der Waals surface area contributed by atoms with Crippen molar-refractivity contribution in [3.63, 3.8) is 0 Å². The molecule has 0 aliphatic heterocycles. The second-order valence-corrected chi connectivity index (χ2v) is 9.26. The van der Waals surface area contributed by atoms with Gasteiger partial charge < -0.3 is 20.4 Å². The van der Waals surface area contributed by atoms with Crippen molar-refractivity contribution in [3.05, 3.63) is 29.8 Å². The summed E-state index contributed by atoms with van der Waals surface area (Å²) in [5.41, 5.74) is 7.40. The van der Waals surface area contributed by atoms with Gasteiger partial charge in [0, 0.05) is 18.0 Å². The molecule has 1 amide bonds. The molecule has 3 aromatic heterocycles. The van der Waals surface area contributed by atoms with Crippen molar-refractivity contribution in [2.24, 2.45) is 5.92 Å². The van der Waals surface area contributed by atoms with Gasteiger partial charge in [-0.3, -0.25) is 4.79 Å². The molecule has 1 aliphatic rings. The van der Waals surface area contributed by atoms with Crippen molar-refractivity contribution in [2.75, 3.05) is 11.1 Å². The van der Waals surface area contributed by atoms with Crippen molar-refractivity contribution in [1.29, 1.82) is 0 Å². The molecule has 9 nitrogen and oxygen atoms in total. The van der Waals surface area contributed by atoms with Crippen LogP contribution < -0.4 is 15.8 Å². The third kappa shape index (κ3) is 4.57. The highest BCUT2D eigenvalue weighted by molar-refractivity contribution is 7.22. The van der Waals surface area contributed by atoms with Crippen LogP contribution in [0.4, 0.5) is 24.1 Å². The Morgan fingerprint density at radius 2 is 1.97 bits per heavy atom. The number of nitrogens with one attached hydrogen (secondary N) is 1. The smallest absolute Gasteiger partial charge is 0.406 e. The minimum Gasteiger partial charge on any atom is -0.406 e. The summed E-state index contributed by atoms with van der Waals surface area (Å²) in [4.78, 5) is 29.5. The summed E-state index contributed by atoms with van der Waals surface area (Å²) in [6.07, 6.45) is -0.387. The third-order valence-electron chi connectivity index (χ3n) is 5.71. The molecule has 3 N–H and O–H groups in total. The van der Waals surface area contributed by atoms with Crippen LogP contribution in [0.2, 0.25) is 5.28 Å². The van der Waals surface area contributed by atoms with Crippen LogP contribution in [0.5, 0.6) is 5.75 Å². The number of alkyl halides is 3. The maximum Gasteiger partial charge on any atom is 0.573 e. The van der Waals surface area contributed by atoms with Crippen LogP contribution in [0.3, 0.4) is 0 Å². The summed E-state index contributed by atoms with van der Waals surface area (Å²) < 4.78 is 43.7. The lowest BCUT2D eigenvalue weighted by molar-refractivity contribution is -0.274. The second-order valence-electron chi connectivity index (χ2n) is 7.89. The summed E-state index contributed by atoms with van der Waals surface area (Å²) in [6, 6.07) is 3.95. The van der Waals surface area contributed by atoms with Crippen LogP contribution >= 0.6 is 22.9 Å². The number of nitrogen functional groups attached to an aromatic ring is 1. The first kappa shape index (κ1) is 22.6. The van der Waals surface area contributed by atoms with E-state index in [-0.39, 0.29) is 34.7 Å². The zero-order chi connectivity index (χ0) is 24.0. The molecule has 0 radical (unpaired) electrons. The number of hydrogen-bond acceptors (Lipinski definition) is 8. The Kier molecular flexibility index (Phi) is 5.68. The van der Waals surface area contributed by atoms with Gasteiger partial charge in [0.15, 0.2) is 16.6 Å². The van der Waals surface area contributed by atoms with E-state index in [1.54, 1.807) is 6.33 Å². The van der Waals surface area contributed by atoms with Crippen molar-refractivity contribution < 1.29 is 22.7 Å². The Bertz CT molecular complexity index is 1380. The molecule has 1 fully saturated rings. The van der Waals surface area contributed by atoms with Crippen LogP contribution in [0.15, 0.2) is 24.5 Å². The van der Waals surface area contributed by atoms with Crippen LogP contribution in [-0.2, 0) is 4.79 Å². The lowest BCUT2D eigenvalue weighted by atomic mass is 9.85. The zero-order valence-corrected chi connectivity index (χ0v) is 18.9. The topological polar surface area (TPSA) is 121 Å². The molecule has 0 atom stereocenters. The SMILES string of the molecule is Nc1nc(Cl)nc2c1ncn2[C@H]1CC[C@@H](C(=O)Nc2nc3ccc(OC(F)(F)F)cc3s2)CC1. The van der Waals surface area contributed by atoms with Gasteiger partial charge in [-0.1, -0.05) is 11.3 Å². The molecule has 14 heteroatoms. The minimum absolute atomic E-state index is 0.0488. The molecule has 1 aromatic carbocycles. The Morgan fingerprint density at radius 3 is 2.71 bits per heavy atom. The molecular formula is C20H17ClF3N7O2S. The second kappa shape index (κ2) is 8.55. The Hall–Kier alpha value is -3.19. The number of benzene rings is 1. The largest absolute Gasteiger partial charge is 0.573 e. The van der Waals surface area contributed by atoms with Crippen molar-refractivity contribution >= 4 is 61.2 Å². The number of fused-ring (bicyclic) bond motifs is 2. The van der Waals surface area contributed by atoms with Gasteiger partial charge in [-0.2, -0.15) is 9.97 Å². The Labute approximate surface area is 199 Å². The summed E-state index contributed by atoms with van der Waals surface area (Å²) >= 11 is 7.03. The van der Waals surface area contributed by atoms with Crippen LogP contribution in [0, 0.1) is 5.92 Å². The number of thiazole rings is 1. The minimum atomic E-state index is -4.77. The van der Waals surface area contributed by atoms with Crippen molar-refractivity contribution in [1.82, 2.24) is 24.5 Å². The number of halogens is 4. The summed E-state index contributed by atoms with van der Waals surface area (Å²) in [6.45, 7) is 0. The third-order valence-corrected chi connectivity index (χ3v) is 6.81. The molecule has 5 rings (SSSR count). The average Bonchev–Trinajstić information content (AvgIpc) is 3.36. The normalized spacial score (nSPS) is 18.9. The van der Waals surface area contributed by atoms with Crippen LogP contribution in [-0.4, -0.2) is 36.8 Å². The molecule has 0 bridgehead atoms. The van der Waals surface area contributed by atoms with E-state index in [4.69, 9.17) is 17.3 Å². The monoisotopic (exact) mass is 511 g/mol. The number of carbonyl (C=O) groups is 1. The predicted molar refractivity (Wildman–Crippen MR) is 121 cm³/mol. The van der Waals surface area contributed by atoms with Gasteiger partial charge >= 0.3 is 6.36 Å². The van der Waals surface area contributed by atoms with E-state index >= 15 is 0 Å². The molecule has 0 saturated heterocycles. The number of imidazole rings is 1. The van der Waals surface area contributed by atoms with Gasteiger partial charge in [-0.15, -0.1) is 13.2 Å². The molecule has 1 aliphatic carbocycles. The molecule has 0 spiro atoms. The fourth-order valence-electron chi connectivity index (χ4n) is 4.16. The number of nitrogens with two attached hydrogens (primary N) is 1. The Morgan fingerprint density at radius 1 is 1.21 bits per heavy atom. The predicted octanol–water partition coefficient (Wildman–Crippen LogP) is 4.94. The highest BCUT2D eigenvalue weighted by Crippen LogP contribution is 2.36. The van der Waals surface area contributed by atoms with E-state index in [1.165, 1.54) is 18.2 Å². The van der Waals surface area contributed by atoms with Crippen LogP contribution in [0.1, 0.15) is 31.7 Å². The standard InChI is InChI=1S/C20H17ClF3N7O2S/c21-18-28-15(25)14-16(29-18)31(8-26-14)10-3-1-9(2-4-10)17(32)30-19-27-12-6-5-11(7-13(12)34-19)33-20(22,23)24/h5-10H,1-4H2,(H2,25,28,29)(H,27,30,32)/t9-,10+. The molecule has 1 saturated carbocycles. The molecule has 3 heterocycles. The number of hydrogen-bond donors (Lipinski definition) is 2. The summed E-state index contributed by atoms with van der Waals surface area (Å²) in [5.74, 6) is -0.505. The number of rotatable bonds is 4. The fourth-order valence-corrected chi connectivity index (χ4v) is 5.23. The first-order valence-corrected chi connectivity index (χ1v) is 11.5. The fraction of sp³-hybridized carbons (Fsp3) is 0.350. The van der Waals surface area contributed by atoms with Gasteiger partial charge in [0.05, 0.1) is 16.5 Å². The number of amides is 1. The lowest BCUT2D eigenvalue weighted by Crippen LogP contribution is -2.28. The van der Waals surface area contributed by atoms with Gasteiger partial charge in [0.1, 0.15) is 11.3 Å². The van der Waals surface area contributed by atoms with Crippen molar-refractivity contribution in [3.8, 4) is 5.75 Å². The highest BCUT2D eigenvalue weighted by atomic mass is 35.5. The molecule has 178 valence electrons. The molecule has 4 aromatic rings. The maximum atomic E-state index is 12.8. The van der Waals surface area contributed by atoms with E-state index in [0.29, 0.717) is 39.4 Å². The number of anilines is 2. The van der Waals surface area contributed by atoms with Crippen molar-refractivity contribution in [2.45, 2.75) is 38.1 Å². The number of nitrogens with zero attached hydrogens (tertiary/aromatic N) is 5. The highest BCUT2D eigenvalue weighted by Gasteiger charge is 2.31. The van der Waals surface area contributed by atoms with Gasteiger partial charge in [0.2, 0.25) is 11.2 Å². The zero-order valence-electron chi connectivity index (χ0n) is 17.3. The van der Waals surface area contributed by atoms with E-state index in [2.05, 4.69) is 30.0 Å². The molecule has 0 unspecified atom stereocenters. The van der Waals surface area contributed by atoms with E-state index in [0.717, 1.165) is 24.2 Å². The molecular weight excluding hydrogens is 495 g/mol. The maximum absolute atomic E-state index is 12.8. The first-order chi connectivity index (χ1) is 16.2. The first-order valence-electron chi connectivity index (χ1n) is 10.3. The van der Waals surface area contributed by atoms with E-state index in [9.17, 15) is 18.0 Å². The average molecular weight is 512 g/mol. The summed E-state index contributed by atoms with van der Waals surface area (Å²) in [5, 5.41) is 3.17. The van der Waals surface area contributed by atoms with E-state index in [1.807, 2.05) is 4.57 Å².